The van der Waals surface area contributed by atoms with Gasteiger partial charge in [-0.05, 0) is 41.7 Å². The summed E-state index contributed by atoms with van der Waals surface area (Å²) in [6.45, 7) is -0.154. The van der Waals surface area contributed by atoms with E-state index < -0.39 is 11.9 Å². The lowest BCUT2D eigenvalue weighted by Gasteiger charge is -2.17. The fourth-order valence-corrected chi connectivity index (χ4v) is 3.46. The number of aryl methyl sites for hydroxylation is 1. The molecule has 0 radical (unpaired) electrons. The Kier molecular flexibility index (Phi) is 9.22. The first kappa shape index (κ1) is 24.5. The molecular formula is C27H28N2O5. The zero-order valence-electron chi connectivity index (χ0n) is 19.1. The smallest absolute Gasteiger partial charge is 0.343 e. The molecule has 0 aliphatic rings. The molecular weight excluding hydrogens is 432 g/mol. The number of carbonyl (C=O) groups excluding carboxylic acids is 2. The maximum absolute atomic E-state index is 12.2. The quantitative estimate of drug-likeness (QED) is 0.151. The predicted octanol–water partition coefficient (Wildman–Crippen LogP) is 4.21. The fraction of sp³-hybridized carbons (Fsp3) is 0.222. The van der Waals surface area contributed by atoms with Crippen LogP contribution in [-0.4, -0.2) is 31.5 Å². The highest BCUT2D eigenvalue weighted by Crippen LogP contribution is 2.25. The van der Waals surface area contributed by atoms with E-state index in [4.69, 9.17) is 15.3 Å². The summed E-state index contributed by atoms with van der Waals surface area (Å²) >= 11 is 0. The predicted molar refractivity (Wildman–Crippen MR) is 129 cm³/mol. The third kappa shape index (κ3) is 7.48. The number of benzene rings is 3. The number of carbonyl (C=O) groups is 2. The Morgan fingerprint density at radius 2 is 1.53 bits per heavy atom. The van der Waals surface area contributed by atoms with Gasteiger partial charge >= 0.3 is 11.9 Å². The minimum absolute atomic E-state index is 0.154. The standard InChI is InChI=1S/C27H28N2O5/c1-32-25(31)19-33-23-16-8-10-20(18-23)11-9-17-24(30)34-29-27(28)26(21-12-4-2-5-13-21)22-14-6-3-7-15-22/h2-8,10,12-16,18,26H,9,11,17,19H2,1H3,(H2,28,29). The first-order valence-corrected chi connectivity index (χ1v) is 11.0. The van der Waals surface area contributed by atoms with E-state index in [0.717, 1.165) is 16.7 Å². The molecule has 176 valence electrons. The molecule has 0 aromatic heterocycles. The SMILES string of the molecule is COC(=O)COc1cccc(CCCC(=O)ON=C(N)C(c2ccccc2)c2ccccc2)c1. The van der Waals surface area contributed by atoms with E-state index in [9.17, 15) is 9.59 Å². The number of rotatable bonds is 11. The van der Waals surface area contributed by atoms with Crippen molar-refractivity contribution >= 4 is 17.8 Å². The first-order chi connectivity index (χ1) is 16.6. The number of nitrogens with zero attached hydrogens (tertiary/aromatic N) is 1. The Labute approximate surface area is 199 Å². The maximum Gasteiger partial charge on any atom is 0.343 e. The molecule has 0 aliphatic carbocycles. The minimum Gasteiger partial charge on any atom is -0.482 e. The van der Waals surface area contributed by atoms with Crippen molar-refractivity contribution in [2.24, 2.45) is 10.9 Å². The summed E-state index contributed by atoms with van der Waals surface area (Å²) in [4.78, 5) is 28.6. The van der Waals surface area contributed by atoms with Crippen molar-refractivity contribution in [1.82, 2.24) is 0 Å². The Balaban J connectivity index is 1.54. The third-order valence-electron chi connectivity index (χ3n) is 5.14. The van der Waals surface area contributed by atoms with Gasteiger partial charge in [0.2, 0.25) is 0 Å². The summed E-state index contributed by atoms with van der Waals surface area (Å²) in [6.07, 6.45) is 1.39. The topological polar surface area (TPSA) is 100 Å². The Bertz CT molecular complexity index is 1060. The van der Waals surface area contributed by atoms with Crippen LogP contribution in [0.5, 0.6) is 5.75 Å². The Morgan fingerprint density at radius 1 is 0.882 bits per heavy atom. The molecule has 7 nitrogen and oxygen atoms in total. The molecule has 3 aromatic carbocycles. The molecule has 3 rings (SSSR count). The van der Waals surface area contributed by atoms with Crippen LogP contribution >= 0.6 is 0 Å². The maximum atomic E-state index is 12.2. The van der Waals surface area contributed by atoms with Gasteiger partial charge in [-0.15, -0.1) is 0 Å². The number of esters is 1. The average molecular weight is 461 g/mol. The van der Waals surface area contributed by atoms with Crippen LogP contribution in [0.4, 0.5) is 0 Å². The Morgan fingerprint density at radius 3 is 2.15 bits per heavy atom. The van der Waals surface area contributed by atoms with Gasteiger partial charge in [0, 0.05) is 6.42 Å². The van der Waals surface area contributed by atoms with Crippen molar-refractivity contribution in [2.45, 2.75) is 25.2 Å². The number of hydrogen-bond donors (Lipinski definition) is 1. The number of oxime groups is 1. The van der Waals surface area contributed by atoms with Crippen molar-refractivity contribution in [3.63, 3.8) is 0 Å². The van der Waals surface area contributed by atoms with Gasteiger partial charge in [0.25, 0.3) is 0 Å². The second-order valence-electron chi connectivity index (χ2n) is 7.60. The Hall–Kier alpha value is -4.13. The van der Waals surface area contributed by atoms with Gasteiger partial charge in [0.05, 0.1) is 13.0 Å². The van der Waals surface area contributed by atoms with Crippen molar-refractivity contribution < 1.29 is 23.9 Å². The zero-order chi connectivity index (χ0) is 24.2. The molecule has 0 heterocycles. The first-order valence-electron chi connectivity index (χ1n) is 11.0. The summed E-state index contributed by atoms with van der Waals surface area (Å²) in [5.41, 5.74) is 9.15. The average Bonchev–Trinajstić information content (AvgIpc) is 2.88. The summed E-state index contributed by atoms with van der Waals surface area (Å²) in [7, 11) is 1.31. The lowest BCUT2D eigenvalue weighted by Crippen LogP contribution is -2.24. The summed E-state index contributed by atoms with van der Waals surface area (Å²) in [6, 6.07) is 26.8. The molecule has 3 aromatic rings. The third-order valence-corrected chi connectivity index (χ3v) is 5.14. The van der Waals surface area contributed by atoms with E-state index in [1.807, 2.05) is 78.9 Å². The summed E-state index contributed by atoms with van der Waals surface area (Å²) in [5, 5.41) is 3.95. The molecule has 7 heteroatoms. The normalized spacial score (nSPS) is 11.2. The van der Waals surface area contributed by atoms with Crippen LogP contribution in [0.1, 0.15) is 35.4 Å². The van der Waals surface area contributed by atoms with E-state index in [0.29, 0.717) is 18.6 Å². The van der Waals surface area contributed by atoms with Gasteiger partial charge in [-0.2, -0.15) is 0 Å². The molecule has 0 unspecified atom stereocenters. The number of amidine groups is 1. The highest BCUT2D eigenvalue weighted by Gasteiger charge is 2.19. The van der Waals surface area contributed by atoms with Crippen LogP contribution in [0.15, 0.2) is 90.1 Å². The van der Waals surface area contributed by atoms with Gasteiger partial charge < -0.3 is 20.0 Å². The highest BCUT2D eigenvalue weighted by molar-refractivity contribution is 5.90. The van der Waals surface area contributed by atoms with Gasteiger partial charge in [-0.1, -0.05) is 78.0 Å². The van der Waals surface area contributed by atoms with Gasteiger partial charge in [0.15, 0.2) is 12.4 Å². The van der Waals surface area contributed by atoms with Crippen LogP contribution in [0.2, 0.25) is 0 Å². The van der Waals surface area contributed by atoms with Crippen molar-refractivity contribution in [2.75, 3.05) is 13.7 Å². The molecule has 0 spiro atoms. The summed E-state index contributed by atoms with van der Waals surface area (Å²) in [5.74, 6) is -0.449. The molecule has 2 N–H and O–H groups in total. The highest BCUT2D eigenvalue weighted by atomic mass is 16.7. The van der Waals surface area contributed by atoms with Crippen molar-refractivity contribution in [1.29, 1.82) is 0 Å². The van der Waals surface area contributed by atoms with Crippen LogP contribution in [0.25, 0.3) is 0 Å². The minimum atomic E-state index is -0.457. The number of nitrogens with two attached hydrogens (primary N) is 1. The molecule has 0 atom stereocenters. The largest absolute Gasteiger partial charge is 0.482 e. The van der Waals surface area contributed by atoms with Crippen molar-refractivity contribution in [3.8, 4) is 5.75 Å². The number of ether oxygens (including phenoxy) is 2. The monoisotopic (exact) mass is 460 g/mol. The van der Waals surface area contributed by atoms with Crippen LogP contribution < -0.4 is 10.5 Å². The summed E-state index contributed by atoms with van der Waals surface area (Å²) < 4.78 is 9.95. The molecule has 0 saturated carbocycles. The van der Waals surface area contributed by atoms with E-state index in [2.05, 4.69) is 9.89 Å². The second kappa shape index (κ2) is 12.8. The zero-order valence-corrected chi connectivity index (χ0v) is 19.1. The van der Waals surface area contributed by atoms with Gasteiger partial charge in [-0.25, -0.2) is 9.59 Å². The number of methoxy groups -OCH3 is 1. The molecule has 0 saturated heterocycles. The lowest BCUT2D eigenvalue weighted by molar-refractivity contribution is -0.144. The van der Waals surface area contributed by atoms with Gasteiger partial charge in [0.1, 0.15) is 5.75 Å². The number of hydrogen-bond acceptors (Lipinski definition) is 6. The molecule has 0 amide bonds. The van der Waals surface area contributed by atoms with Crippen LogP contribution in [-0.2, 0) is 25.6 Å². The fourth-order valence-electron chi connectivity index (χ4n) is 3.46. The second-order valence-corrected chi connectivity index (χ2v) is 7.60. The van der Waals surface area contributed by atoms with Gasteiger partial charge in [-0.3, -0.25) is 0 Å². The van der Waals surface area contributed by atoms with Crippen molar-refractivity contribution in [3.05, 3.63) is 102 Å². The molecule has 0 aliphatic heterocycles. The molecule has 34 heavy (non-hydrogen) atoms. The van der Waals surface area contributed by atoms with E-state index in [1.54, 1.807) is 6.07 Å². The molecule has 0 bridgehead atoms. The molecule has 0 fully saturated rings. The van der Waals surface area contributed by atoms with Crippen LogP contribution in [0, 0.1) is 0 Å². The van der Waals surface area contributed by atoms with Crippen LogP contribution in [0.3, 0.4) is 0 Å². The van der Waals surface area contributed by atoms with E-state index >= 15 is 0 Å². The lowest BCUT2D eigenvalue weighted by atomic mass is 9.90. The van der Waals surface area contributed by atoms with E-state index in [1.165, 1.54) is 7.11 Å². The van der Waals surface area contributed by atoms with E-state index in [-0.39, 0.29) is 24.8 Å².